The first kappa shape index (κ1) is 9.45. The zero-order valence-electron chi connectivity index (χ0n) is 7.88. The van der Waals surface area contributed by atoms with Crippen molar-refractivity contribution in [3.8, 4) is 11.3 Å². The zero-order chi connectivity index (χ0) is 10.7. The standard InChI is InChI=1S/C11H9NO3/c13-11(14)6-8-7-12-4-3-9(8)10-2-1-5-15-10/h1-5,7H,6H2,(H,13,14). The van der Waals surface area contributed by atoms with E-state index in [1.165, 1.54) is 0 Å². The van der Waals surface area contributed by atoms with E-state index in [1.54, 1.807) is 36.9 Å². The van der Waals surface area contributed by atoms with Gasteiger partial charge >= 0.3 is 5.97 Å². The highest BCUT2D eigenvalue weighted by atomic mass is 16.4. The van der Waals surface area contributed by atoms with Gasteiger partial charge < -0.3 is 9.52 Å². The number of carboxylic acid groups (broad SMARTS) is 1. The van der Waals surface area contributed by atoms with Gasteiger partial charge in [0.2, 0.25) is 0 Å². The Morgan fingerprint density at radius 2 is 2.33 bits per heavy atom. The van der Waals surface area contributed by atoms with Crippen LogP contribution in [-0.2, 0) is 11.2 Å². The van der Waals surface area contributed by atoms with Crippen molar-refractivity contribution in [3.63, 3.8) is 0 Å². The smallest absolute Gasteiger partial charge is 0.307 e. The Balaban J connectivity index is 2.42. The van der Waals surface area contributed by atoms with Gasteiger partial charge in [0.05, 0.1) is 12.7 Å². The number of carboxylic acids is 1. The zero-order valence-corrected chi connectivity index (χ0v) is 7.88. The molecule has 0 saturated heterocycles. The first-order valence-electron chi connectivity index (χ1n) is 4.46. The Labute approximate surface area is 86.2 Å². The maximum atomic E-state index is 10.6. The average molecular weight is 203 g/mol. The molecule has 0 aliphatic rings. The summed E-state index contributed by atoms with van der Waals surface area (Å²) >= 11 is 0. The van der Waals surface area contributed by atoms with Gasteiger partial charge in [-0.25, -0.2) is 0 Å². The molecule has 0 aliphatic heterocycles. The molecule has 2 aromatic heterocycles. The van der Waals surface area contributed by atoms with Crippen LogP contribution >= 0.6 is 0 Å². The van der Waals surface area contributed by atoms with Crippen LogP contribution in [0.2, 0.25) is 0 Å². The summed E-state index contributed by atoms with van der Waals surface area (Å²) in [6, 6.07) is 5.30. The molecule has 0 unspecified atom stereocenters. The fraction of sp³-hybridized carbons (Fsp3) is 0.0909. The maximum Gasteiger partial charge on any atom is 0.307 e. The van der Waals surface area contributed by atoms with Crippen molar-refractivity contribution < 1.29 is 14.3 Å². The van der Waals surface area contributed by atoms with Crippen molar-refractivity contribution in [2.75, 3.05) is 0 Å². The van der Waals surface area contributed by atoms with Crippen molar-refractivity contribution in [3.05, 3.63) is 42.4 Å². The Bertz CT molecular complexity index is 462. The van der Waals surface area contributed by atoms with E-state index < -0.39 is 5.97 Å². The highest BCUT2D eigenvalue weighted by molar-refractivity contribution is 5.74. The highest BCUT2D eigenvalue weighted by Gasteiger charge is 2.10. The molecule has 76 valence electrons. The normalized spacial score (nSPS) is 10.1. The lowest BCUT2D eigenvalue weighted by atomic mass is 10.1. The number of hydrogen-bond acceptors (Lipinski definition) is 3. The summed E-state index contributed by atoms with van der Waals surface area (Å²) in [4.78, 5) is 14.5. The lowest BCUT2D eigenvalue weighted by molar-refractivity contribution is -0.136. The van der Waals surface area contributed by atoms with Crippen LogP contribution in [0.15, 0.2) is 41.3 Å². The molecule has 0 bridgehead atoms. The number of nitrogens with zero attached hydrogens (tertiary/aromatic N) is 1. The van der Waals surface area contributed by atoms with Crippen molar-refractivity contribution >= 4 is 5.97 Å². The lowest BCUT2D eigenvalue weighted by Crippen LogP contribution is -2.02. The second kappa shape index (κ2) is 3.96. The molecule has 0 aromatic carbocycles. The summed E-state index contributed by atoms with van der Waals surface area (Å²) in [5, 5.41) is 8.73. The molecule has 0 aliphatic carbocycles. The fourth-order valence-corrected chi connectivity index (χ4v) is 1.40. The molecule has 0 amide bonds. The Kier molecular flexibility index (Phi) is 2.49. The van der Waals surface area contributed by atoms with Crippen LogP contribution in [0.25, 0.3) is 11.3 Å². The molecule has 0 radical (unpaired) electrons. The Morgan fingerprint density at radius 1 is 1.47 bits per heavy atom. The van der Waals surface area contributed by atoms with Gasteiger partial charge in [-0.1, -0.05) is 0 Å². The van der Waals surface area contributed by atoms with Crippen LogP contribution < -0.4 is 0 Å². The molecule has 0 atom stereocenters. The summed E-state index contributed by atoms with van der Waals surface area (Å²) in [6.45, 7) is 0. The average Bonchev–Trinajstić information content (AvgIpc) is 2.70. The van der Waals surface area contributed by atoms with Crippen LogP contribution in [-0.4, -0.2) is 16.1 Å². The highest BCUT2D eigenvalue weighted by Crippen LogP contribution is 2.23. The lowest BCUT2D eigenvalue weighted by Gasteiger charge is -2.03. The summed E-state index contributed by atoms with van der Waals surface area (Å²) in [7, 11) is 0. The largest absolute Gasteiger partial charge is 0.481 e. The summed E-state index contributed by atoms with van der Waals surface area (Å²) in [5.74, 6) is -0.218. The molecule has 0 spiro atoms. The first-order valence-corrected chi connectivity index (χ1v) is 4.46. The van der Waals surface area contributed by atoms with Gasteiger partial charge in [0, 0.05) is 18.0 Å². The molecule has 4 heteroatoms. The third-order valence-corrected chi connectivity index (χ3v) is 2.03. The first-order chi connectivity index (χ1) is 7.27. The number of aromatic nitrogens is 1. The number of furan rings is 1. The van der Waals surface area contributed by atoms with Crippen molar-refractivity contribution in [2.45, 2.75) is 6.42 Å². The molecule has 2 aromatic rings. The molecule has 0 fully saturated rings. The molecular formula is C11H9NO3. The van der Waals surface area contributed by atoms with Crippen LogP contribution in [0.1, 0.15) is 5.56 Å². The molecule has 4 nitrogen and oxygen atoms in total. The van der Waals surface area contributed by atoms with Gasteiger partial charge in [-0.3, -0.25) is 9.78 Å². The number of rotatable bonds is 3. The van der Waals surface area contributed by atoms with Crippen LogP contribution in [0.5, 0.6) is 0 Å². The minimum atomic E-state index is -0.879. The molecule has 0 saturated carbocycles. The molecule has 1 N–H and O–H groups in total. The predicted molar refractivity (Wildman–Crippen MR) is 53.3 cm³/mol. The monoisotopic (exact) mass is 203 g/mol. The second-order valence-electron chi connectivity index (χ2n) is 3.08. The fourth-order valence-electron chi connectivity index (χ4n) is 1.40. The van der Waals surface area contributed by atoms with E-state index >= 15 is 0 Å². The van der Waals surface area contributed by atoms with E-state index in [4.69, 9.17) is 9.52 Å². The minimum absolute atomic E-state index is 0.0517. The van der Waals surface area contributed by atoms with Crippen molar-refractivity contribution in [1.82, 2.24) is 4.98 Å². The van der Waals surface area contributed by atoms with Gasteiger partial charge in [-0.15, -0.1) is 0 Å². The topological polar surface area (TPSA) is 63.3 Å². The van der Waals surface area contributed by atoms with Gasteiger partial charge in [0.15, 0.2) is 0 Å². The van der Waals surface area contributed by atoms with Gasteiger partial charge in [0.1, 0.15) is 5.76 Å². The molecule has 2 rings (SSSR count). The van der Waals surface area contributed by atoms with E-state index in [1.807, 2.05) is 0 Å². The van der Waals surface area contributed by atoms with Crippen molar-refractivity contribution in [2.24, 2.45) is 0 Å². The van der Waals surface area contributed by atoms with E-state index in [0.29, 0.717) is 11.3 Å². The van der Waals surface area contributed by atoms with Crippen LogP contribution in [0.3, 0.4) is 0 Å². The third kappa shape index (κ3) is 2.04. The number of hydrogen-bond donors (Lipinski definition) is 1. The second-order valence-corrected chi connectivity index (χ2v) is 3.08. The van der Waals surface area contributed by atoms with E-state index in [2.05, 4.69) is 4.98 Å². The quantitative estimate of drug-likeness (QED) is 0.828. The van der Waals surface area contributed by atoms with Gasteiger partial charge in [-0.2, -0.15) is 0 Å². The number of aliphatic carboxylic acids is 1. The third-order valence-electron chi connectivity index (χ3n) is 2.03. The van der Waals surface area contributed by atoms with E-state index in [-0.39, 0.29) is 6.42 Å². The molecule has 15 heavy (non-hydrogen) atoms. The van der Waals surface area contributed by atoms with Crippen LogP contribution in [0, 0.1) is 0 Å². The van der Waals surface area contributed by atoms with Crippen LogP contribution in [0.4, 0.5) is 0 Å². The van der Waals surface area contributed by atoms with Crippen molar-refractivity contribution in [1.29, 1.82) is 0 Å². The van der Waals surface area contributed by atoms with Gasteiger partial charge in [-0.05, 0) is 23.8 Å². The summed E-state index contributed by atoms with van der Waals surface area (Å²) in [6.07, 6.45) is 4.67. The van der Waals surface area contributed by atoms with E-state index in [0.717, 1.165) is 5.56 Å². The minimum Gasteiger partial charge on any atom is -0.481 e. The summed E-state index contributed by atoms with van der Waals surface area (Å²) in [5.41, 5.74) is 1.43. The number of carbonyl (C=O) groups is 1. The SMILES string of the molecule is O=C(O)Cc1cnccc1-c1ccco1. The molecule has 2 heterocycles. The van der Waals surface area contributed by atoms with Gasteiger partial charge in [0.25, 0.3) is 0 Å². The molecular weight excluding hydrogens is 194 g/mol. The predicted octanol–water partition coefficient (Wildman–Crippen LogP) is 1.97. The number of pyridine rings is 1. The maximum absolute atomic E-state index is 10.6. The Morgan fingerprint density at radius 3 is 3.00 bits per heavy atom. The van der Waals surface area contributed by atoms with E-state index in [9.17, 15) is 4.79 Å². The Hall–Kier alpha value is -2.10. The summed E-state index contributed by atoms with van der Waals surface area (Å²) < 4.78 is 5.22.